The molecule has 0 aliphatic carbocycles. The minimum atomic E-state index is -0.987. The van der Waals surface area contributed by atoms with Gasteiger partial charge in [0.2, 0.25) is 0 Å². The molecule has 1 amide bonds. The number of nitrogens with one attached hydrogen (secondary N) is 1. The average Bonchev–Trinajstić information content (AvgIpc) is 3.05. The molecule has 2 heterocycles. The number of carboxylic acid groups (broad SMARTS) is 1. The van der Waals surface area contributed by atoms with Crippen LogP contribution in [0, 0.1) is 6.92 Å². The number of amides is 1. The molecule has 1 aliphatic heterocycles. The first-order chi connectivity index (χ1) is 12.5. The molecule has 1 aromatic heterocycles. The van der Waals surface area contributed by atoms with E-state index in [4.69, 9.17) is 9.84 Å². The molecule has 9 heteroatoms. The van der Waals surface area contributed by atoms with Crippen molar-refractivity contribution in [2.24, 2.45) is 5.10 Å². The summed E-state index contributed by atoms with van der Waals surface area (Å²) in [5.41, 5.74) is 4.03. The van der Waals surface area contributed by atoms with Crippen molar-refractivity contribution in [1.29, 1.82) is 0 Å². The van der Waals surface area contributed by atoms with E-state index in [1.165, 1.54) is 29.7 Å². The molecule has 8 nitrogen and oxygen atoms in total. The standard InChI is InChI=1S/C17H18N4O4S/c1-11-14(26-17(19-11)21-6-8-25-9-7-21)15(22)20-18-10-12-2-4-13(5-3-12)16(23)24/h2-5,10H,6-9H2,1H3,(H,20,22)(H,23,24). The molecule has 0 atom stereocenters. The van der Waals surface area contributed by atoms with Crippen LogP contribution in [0.5, 0.6) is 0 Å². The van der Waals surface area contributed by atoms with Gasteiger partial charge in [-0.3, -0.25) is 4.79 Å². The van der Waals surface area contributed by atoms with Gasteiger partial charge < -0.3 is 14.7 Å². The number of hydrazone groups is 1. The van der Waals surface area contributed by atoms with Crippen LogP contribution in [0.15, 0.2) is 29.4 Å². The molecule has 136 valence electrons. The van der Waals surface area contributed by atoms with Gasteiger partial charge in [0.1, 0.15) is 4.88 Å². The summed E-state index contributed by atoms with van der Waals surface area (Å²) in [6.45, 7) is 4.64. The number of morpholine rings is 1. The number of anilines is 1. The quantitative estimate of drug-likeness (QED) is 0.610. The van der Waals surface area contributed by atoms with Gasteiger partial charge in [0.25, 0.3) is 5.91 Å². The number of benzene rings is 1. The van der Waals surface area contributed by atoms with Crippen LogP contribution in [0.4, 0.5) is 5.13 Å². The lowest BCUT2D eigenvalue weighted by Crippen LogP contribution is -2.36. The molecule has 3 rings (SSSR count). The van der Waals surface area contributed by atoms with Gasteiger partial charge in [-0.1, -0.05) is 23.5 Å². The number of aromatic nitrogens is 1. The molecule has 0 bridgehead atoms. The highest BCUT2D eigenvalue weighted by Crippen LogP contribution is 2.26. The highest BCUT2D eigenvalue weighted by molar-refractivity contribution is 7.17. The highest BCUT2D eigenvalue weighted by atomic mass is 32.1. The van der Waals surface area contributed by atoms with Crippen LogP contribution in [0.1, 0.15) is 31.3 Å². The van der Waals surface area contributed by atoms with E-state index >= 15 is 0 Å². The van der Waals surface area contributed by atoms with E-state index in [9.17, 15) is 9.59 Å². The number of rotatable bonds is 5. The molecule has 1 saturated heterocycles. The second-order valence-corrected chi connectivity index (χ2v) is 6.61. The van der Waals surface area contributed by atoms with Crippen molar-refractivity contribution in [2.45, 2.75) is 6.92 Å². The number of ether oxygens (including phenoxy) is 1. The topological polar surface area (TPSA) is 104 Å². The number of carboxylic acids is 1. The number of hydrogen-bond donors (Lipinski definition) is 2. The minimum Gasteiger partial charge on any atom is -0.478 e. The second kappa shape index (κ2) is 8.07. The molecule has 0 radical (unpaired) electrons. The molecule has 2 N–H and O–H groups in total. The van der Waals surface area contributed by atoms with E-state index in [1.54, 1.807) is 19.1 Å². The molecule has 26 heavy (non-hydrogen) atoms. The van der Waals surface area contributed by atoms with Gasteiger partial charge in [0.05, 0.1) is 30.7 Å². The molecule has 1 aliphatic rings. The van der Waals surface area contributed by atoms with Gasteiger partial charge in [-0.25, -0.2) is 15.2 Å². The molecule has 1 fully saturated rings. The Bertz CT molecular complexity index is 826. The second-order valence-electron chi connectivity index (χ2n) is 5.64. The Morgan fingerprint density at radius 3 is 2.65 bits per heavy atom. The molecular formula is C17H18N4O4S. The molecule has 0 unspecified atom stereocenters. The fourth-order valence-corrected chi connectivity index (χ4v) is 3.42. The van der Waals surface area contributed by atoms with Gasteiger partial charge in [-0.2, -0.15) is 5.10 Å². The summed E-state index contributed by atoms with van der Waals surface area (Å²) in [4.78, 5) is 30.2. The van der Waals surface area contributed by atoms with E-state index in [0.717, 1.165) is 18.2 Å². The average molecular weight is 374 g/mol. The number of aryl methyl sites for hydroxylation is 1. The smallest absolute Gasteiger partial charge is 0.335 e. The largest absolute Gasteiger partial charge is 0.478 e. The van der Waals surface area contributed by atoms with Gasteiger partial charge in [0, 0.05) is 13.1 Å². The van der Waals surface area contributed by atoms with Crippen LogP contribution >= 0.6 is 11.3 Å². The Kier molecular flexibility index (Phi) is 5.59. The van der Waals surface area contributed by atoms with Crippen molar-refractivity contribution < 1.29 is 19.4 Å². The fourth-order valence-electron chi connectivity index (χ4n) is 2.41. The molecular weight excluding hydrogens is 356 g/mol. The predicted octanol–water partition coefficient (Wildman–Crippen LogP) is 1.75. The Labute approximate surface area is 154 Å². The minimum absolute atomic E-state index is 0.196. The van der Waals surface area contributed by atoms with Crippen molar-refractivity contribution in [3.63, 3.8) is 0 Å². The van der Waals surface area contributed by atoms with Crippen molar-refractivity contribution >= 4 is 34.6 Å². The number of thiazole rings is 1. The normalized spacial score (nSPS) is 14.6. The van der Waals surface area contributed by atoms with Crippen LogP contribution < -0.4 is 10.3 Å². The Morgan fingerprint density at radius 2 is 2.00 bits per heavy atom. The van der Waals surface area contributed by atoms with Gasteiger partial charge in [0.15, 0.2) is 5.13 Å². The first kappa shape index (κ1) is 18.0. The Balaban J connectivity index is 1.62. The number of carbonyl (C=O) groups excluding carboxylic acids is 1. The zero-order chi connectivity index (χ0) is 18.5. The summed E-state index contributed by atoms with van der Waals surface area (Å²) in [7, 11) is 0. The Morgan fingerprint density at radius 1 is 1.31 bits per heavy atom. The van der Waals surface area contributed by atoms with Gasteiger partial charge in [-0.05, 0) is 24.6 Å². The first-order valence-corrected chi connectivity index (χ1v) is 8.83. The van der Waals surface area contributed by atoms with E-state index in [1.807, 2.05) is 0 Å². The van der Waals surface area contributed by atoms with Crippen molar-refractivity contribution in [1.82, 2.24) is 10.4 Å². The third kappa shape index (κ3) is 4.24. The van der Waals surface area contributed by atoms with Crippen LogP contribution in [0.25, 0.3) is 0 Å². The molecule has 0 saturated carbocycles. The van der Waals surface area contributed by atoms with Crippen LogP contribution in [-0.2, 0) is 4.74 Å². The van der Waals surface area contributed by atoms with Crippen molar-refractivity contribution in [3.05, 3.63) is 46.0 Å². The first-order valence-electron chi connectivity index (χ1n) is 8.01. The lowest BCUT2D eigenvalue weighted by Gasteiger charge is -2.25. The molecule has 2 aromatic rings. The number of hydrogen-bond acceptors (Lipinski definition) is 7. The van der Waals surface area contributed by atoms with Gasteiger partial charge >= 0.3 is 5.97 Å². The van der Waals surface area contributed by atoms with E-state index in [-0.39, 0.29) is 11.5 Å². The number of aromatic carboxylic acids is 1. The zero-order valence-corrected chi connectivity index (χ0v) is 15.0. The highest BCUT2D eigenvalue weighted by Gasteiger charge is 2.20. The summed E-state index contributed by atoms with van der Waals surface area (Å²) in [6, 6.07) is 6.20. The third-order valence-electron chi connectivity index (χ3n) is 3.81. The van der Waals surface area contributed by atoms with Crippen LogP contribution in [0.2, 0.25) is 0 Å². The van der Waals surface area contributed by atoms with Crippen molar-refractivity contribution in [2.75, 3.05) is 31.2 Å². The molecule has 0 spiro atoms. The maximum Gasteiger partial charge on any atom is 0.335 e. The van der Waals surface area contributed by atoms with E-state index in [2.05, 4.69) is 20.4 Å². The van der Waals surface area contributed by atoms with Gasteiger partial charge in [-0.15, -0.1) is 0 Å². The summed E-state index contributed by atoms with van der Waals surface area (Å²) >= 11 is 1.33. The maximum absolute atomic E-state index is 12.3. The summed E-state index contributed by atoms with van der Waals surface area (Å²) in [6.07, 6.45) is 1.46. The monoisotopic (exact) mass is 374 g/mol. The van der Waals surface area contributed by atoms with Crippen LogP contribution in [0.3, 0.4) is 0 Å². The predicted molar refractivity (Wildman–Crippen MR) is 98.3 cm³/mol. The SMILES string of the molecule is Cc1nc(N2CCOCC2)sc1C(=O)NN=Cc1ccc(C(=O)O)cc1. The lowest BCUT2D eigenvalue weighted by atomic mass is 10.1. The number of nitrogens with zero attached hydrogens (tertiary/aromatic N) is 3. The summed E-state index contributed by atoms with van der Waals surface area (Å²) in [5.74, 6) is -1.31. The Hall–Kier alpha value is -2.78. The third-order valence-corrected chi connectivity index (χ3v) is 5.03. The number of carbonyl (C=O) groups is 2. The summed E-state index contributed by atoms with van der Waals surface area (Å²) in [5, 5.41) is 13.6. The maximum atomic E-state index is 12.3. The lowest BCUT2D eigenvalue weighted by molar-refractivity contribution is 0.0696. The zero-order valence-electron chi connectivity index (χ0n) is 14.1. The molecule has 1 aromatic carbocycles. The van der Waals surface area contributed by atoms with Crippen molar-refractivity contribution in [3.8, 4) is 0 Å². The van der Waals surface area contributed by atoms with Crippen LogP contribution in [-0.4, -0.2) is 54.5 Å². The fraction of sp³-hybridized carbons (Fsp3) is 0.294. The van der Waals surface area contributed by atoms with E-state index in [0.29, 0.717) is 29.3 Å². The summed E-state index contributed by atoms with van der Waals surface area (Å²) < 4.78 is 5.33. The van der Waals surface area contributed by atoms with E-state index < -0.39 is 5.97 Å².